The van der Waals surface area contributed by atoms with E-state index in [0.717, 1.165) is 24.2 Å². The highest BCUT2D eigenvalue weighted by molar-refractivity contribution is 5.51. The second-order valence-corrected chi connectivity index (χ2v) is 4.13. The first-order valence-corrected chi connectivity index (χ1v) is 5.34. The van der Waals surface area contributed by atoms with Gasteiger partial charge in [0.05, 0.1) is 13.2 Å². The molecule has 1 aliphatic rings. The lowest BCUT2D eigenvalue weighted by Crippen LogP contribution is -2.20. The Labute approximate surface area is 89.9 Å². The highest BCUT2D eigenvalue weighted by Crippen LogP contribution is 2.40. The fraction of sp³-hybridized carbons (Fsp3) is 0.500. The Bertz CT molecular complexity index is 347. The summed E-state index contributed by atoms with van der Waals surface area (Å²) in [6.07, 6.45) is 2.97. The number of nitrogen functional groups attached to an aromatic ring is 1. The number of anilines is 1. The van der Waals surface area contributed by atoms with E-state index >= 15 is 0 Å². The standard InChI is InChI=1S/C12H17NO2/c1-15-9-5-6-11(13)10(7-9)12(14)8-3-2-4-8/h5-8,12,14H,2-4,13H2,1H3. The minimum Gasteiger partial charge on any atom is -0.497 e. The fourth-order valence-corrected chi connectivity index (χ4v) is 1.95. The lowest BCUT2D eigenvalue weighted by atomic mass is 9.78. The van der Waals surface area contributed by atoms with Crippen LogP contribution in [0.4, 0.5) is 5.69 Å². The maximum Gasteiger partial charge on any atom is 0.119 e. The van der Waals surface area contributed by atoms with E-state index in [4.69, 9.17) is 10.5 Å². The van der Waals surface area contributed by atoms with Crippen LogP contribution in [-0.2, 0) is 0 Å². The summed E-state index contributed by atoms with van der Waals surface area (Å²) in [5, 5.41) is 10.1. The van der Waals surface area contributed by atoms with Gasteiger partial charge in [0.15, 0.2) is 0 Å². The molecular weight excluding hydrogens is 190 g/mol. The maximum absolute atomic E-state index is 10.1. The third kappa shape index (κ3) is 1.92. The summed E-state index contributed by atoms with van der Waals surface area (Å²) in [5.41, 5.74) is 7.30. The van der Waals surface area contributed by atoms with E-state index in [1.54, 1.807) is 13.2 Å². The molecule has 0 radical (unpaired) electrons. The summed E-state index contributed by atoms with van der Waals surface area (Å²) in [7, 11) is 1.62. The molecule has 3 heteroatoms. The van der Waals surface area contributed by atoms with Crippen LogP contribution in [0.3, 0.4) is 0 Å². The molecule has 3 nitrogen and oxygen atoms in total. The molecule has 1 aromatic rings. The summed E-state index contributed by atoms with van der Waals surface area (Å²) in [6, 6.07) is 5.43. The van der Waals surface area contributed by atoms with E-state index in [1.165, 1.54) is 6.42 Å². The predicted octanol–water partition coefficient (Wildman–Crippen LogP) is 2.11. The third-order valence-electron chi connectivity index (χ3n) is 3.21. The molecule has 82 valence electrons. The van der Waals surface area contributed by atoms with Crippen molar-refractivity contribution in [2.75, 3.05) is 12.8 Å². The molecule has 2 rings (SSSR count). The Morgan fingerprint density at radius 3 is 2.73 bits per heavy atom. The molecule has 0 bridgehead atoms. The molecule has 0 aliphatic heterocycles. The minimum absolute atomic E-state index is 0.374. The summed E-state index contributed by atoms with van der Waals surface area (Å²) >= 11 is 0. The summed E-state index contributed by atoms with van der Waals surface area (Å²) in [4.78, 5) is 0. The van der Waals surface area contributed by atoms with Crippen LogP contribution in [0.2, 0.25) is 0 Å². The molecule has 1 saturated carbocycles. The van der Waals surface area contributed by atoms with Crippen molar-refractivity contribution >= 4 is 5.69 Å². The van der Waals surface area contributed by atoms with Crippen LogP contribution in [0, 0.1) is 5.92 Å². The van der Waals surface area contributed by atoms with Gasteiger partial charge in [0.25, 0.3) is 0 Å². The zero-order valence-corrected chi connectivity index (χ0v) is 8.94. The van der Waals surface area contributed by atoms with Gasteiger partial charge in [0, 0.05) is 11.3 Å². The summed E-state index contributed by atoms with van der Waals surface area (Å²) in [5.74, 6) is 1.12. The second-order valence-electron chi connectivity index (χ2n) is 4.13. The van der Waals surface area contributed by atoms with Crippen molar-refractivity contribution in [3.63, 3.8) is 0 Å². The van der Waals surface area contributed by atoms with Gasteiger partial charge in [-0.15, -0.1) is 0 Å². The van der Waals surface area contributed by atoms with Crippen LogP contribution >= 0.6 is 0 Å². The van der Waals surface area contributed by atoms with E-state index < -0.39 is 6.10 Å². The molecule has 0 saturated heterocycles. The normalized spacial score (nSPS) is 18.3. The highest BCUT2D eigenvalue weighted by atomic mass is 16.5. The molecule has 1 atom stereocenters. The van der Waals surface area contributed by atoms with E-state index in [0.29, 0.717) is 11.6 Å². The van der Waals surface area contributed by atoms with Crippen LogP contribution < -0.4 is 10.5 Å². The van der Waals surface area contributed by atoms with Crippen LogP contribution in [0.25, 0.3) is 0 Å². The molecule has 0 heterocycles. The molecule has 1 unspecified atom stereocenters. The lowest BCUT2D eigenvalue weighted by Gasteiger charge is -2.31. The Balaban J connectivity index is 2.24. The average Bonchev–Trinajstić information content (AvgIpc) is 2.15. The molecule has 0 amide bonds. The van der Waals surface area contributed by atoms with Crippen molar-refractivity contribution in [3.8, 4) is 5.75 Å². The number of hydrogen-bond donors (Lipinski definition) is 2. The minimum atomic E-state index is -0.436. The third-order valence-corrected chi connectivity index (χ3v) is 3.21. The smallest absolute Gasteiger partial charge is 0.119 e. The van der Waals surface area contributed by atoms with Gasteiger partial charge in [-0.1, -0.05) is 6.42 Å². The zero-order chi connectivity index (χ0) is 10.8. The van der Waals surface area contributed by atoms with Crippen LogP contribution in [0.1, 0.15) is 30.9 Å². The van der Waals surface area contributed by atoms with Crippen molar-refractivity contribution in [3.05, 3.63) is 23.8 Å². The Morgan fingerprint density at radius 2 is 2.20 bits per heavy atom. The number of nitrogens with two attached hydrogens (primary N) is 1. The molecule has 15 heavy (non-hydrogen) atoms. The summed E-state index contributed by atoms with van der Waals surface area (Å²) in [6.45, 7) is 0. The first-order chi connectivity index (χ1) is 7.22. The van der Waals surface area contributed by atoms with Crippen LogP contribution in [0.15, 0.2) is 18.2 Å². The SMILES string of the molecule is COc1ccc(N)c(C(O)C2CCC2)c1. The number of aliphatic hydroxyl groups excluding tert-OH is 1. The first-order valence-electron chi connectivity index (χ1n) is 5.34. The average molecular weight is 207 g/mol. The number of methoxy groups -OCH3 is 1. The molecule has 3 N–H and O–H groups in total. The number of aliphatic hydroxyl groups is 1. The fourth-order valence-electron chi connectivity index (χ4n) is 1.95. The van der Waals surface area contributed by atoms with Gasteiger partial charge in [-0.25, -0.2) is 0 Å². The molecule has 0 aromatic heterocycles. The lowest BCUT2D eigenvalue weighted by molar-refractivity contribution is 0.0625. The monoisotopic (exact) mass is 207 g/mol. The van der Waals surface area contributed by atoms with Gasteiger partial charge in [0.1, 0.15) is 5.75 Å². The summed E-state index contributed by atoms with van der Waals surface area (Å²) < 4.78 is 5.12. The number of rotatable bonds is 3. The number of ether oxygens (including phenoxy) is 1. The topological polar surface area (TPSA) is 55.5 Å². The van der Waals surface area contributed by atoms with Crippen molar-refractivity contribution in [1.29, 1.82) is 0 Å². The van der Waals surface area contributed by atoms with Crippen molar-refractivity contribution < 1.29 is 9.84 Å². The molecule has 1 aliphatic carbocycles. The van der Waals surface area contributed by atoms with Gasteiger partial charge in [-0.2, -0.15) is 0 Å². The number of hydrogen-bond acceptors (Lipinski definition) is 3. The molecular formula is C12H17NO2. The van der Waals surface area contributed by atoms with Crippen molar-refractivity contribution in [2.45, 2.75) is 25.4 Å². The van der Waals surface area contributed by atoms with Gasteiger partial charge in [0.2, 0.25) is 0 Å². The van der Waals surface area contributed by atoms with Gasteiger partial charge < -0.3 is 15.6 Å². The quantitative estimate of drug-likeness (QED) is 0.746. The molecule has 0 spiro atoms. The zero-order valence-electron chi connectivity index (χ0n) is 8.94. The highest BCUT2D eigenvalue weighted by Gasteiger charge is 2.28. The van der Waals surface area contributed by atoms with Gasteiger partial charge in [-0.3, -0.25) is 0 Å². The Morgan fingerprint density at radius 1 is 1.47 bits per heavy atom. The van der Waals surface area contributed by atoms with Crippen molar-refractivity contribution in [1.82, 2.24) is 0 Å². The van der Waals surface area contributed by atoms with Crippen LogP contribution in [-0.4, -0.2) is 12.2 Å². The molecule has 1 aromatic carbocycles. The van der Waals surface area contributed by atoms with E-state index in [2.05, 4.69) is 0 Å². The maximum atomic E-state index is 10.1. The molecule has 1 fully saturated rings. The Hall–Kier alpha value is -1.22. The van der Waals surface area contributed by atoms with E-state index in [-0.39, 0.29) is 0 Å². The van der Waals surface area contributed by atoms with Gasteiger partial charge in [-0.05, 0) is 37.0 Å². The number of benzene rings is 1. The largest absolute Gasteiger partial charge is 0.497 e. The predicted molar refractivity (Wildman–Crippen MR) is 59.7 cm³/mol. The Kier molecular flexibility index (Phi) is 2.82. The van der Waals surface area contributed by atoms with Crippen LogP contribution in [0.5, 0.6) is 5.75 Å². The first kappa shape index (κ1) is 10.3. The van der Waals surface area contributed by atoms with E-state index in [1.807, 2.05) is 12.1 Å². The van der Waals surface area contributed by atoms with Crippen molar-refractivity contribution in [2.24, 2.45) is 5.92 Å². The second kappa shape index (κ2) is 4.11. The van der Waals surface area contributed by atoms with Gasteiger partial charge >= 0.3 is 0 Å². The van der Waals surface area contributed by atoms with E-state index in [9.17, 15) is 5.11 Å².